The summed E-state index contributed by atoms with van der Waals surface area (Å²) in [4.78, 5) is 13.0. The molecule has 1 aromatic heterocycles. The lowest BCUT2D eigenvalue weighted by atomic mass is 9.87. The van der Waals surface area contributed by atoms with Crippen LogP contribution in [0.1, 0.15) is 29.2 Å². The van der Waals surface area contributed by atoms with E-state index in [4.69, 9.17) is 18.7 Å². The maximum atomic E-state index is 11.7. The van der Waals surface area contributed by atoms with E-state index in [0.29, 0.717) is 31.1 Å². The third kappa shape index (κ3) is 5.94. The number of benzene rings is 4. The highest BCUT2D eigenvalue weighted by atomic mass is 16.5. The monoisotopic (exact) mass is 563 g/mol. The Morgan fingerprint density at radius 3 is 2.55 bits per heavy atom. The van der Waals surface area contributed by atoms with E-state index in [2.05, 4.69) is 5.16 Å². The Morgan fingerprint density at radius 1 is 0.976 bits per heavy atom. The van der Waals surface area contributed by atoms with Crippen LogP contribution in [-0.2, 0) is 18.0 Å². The zero-order chi connectivity index (χ0) is 28.9. The van der Waals surface area contributed by atoms with Gasteiger partial charge in [0.25, 0.3) is 0 Å². The maximum absolute atomic E-state index is 11.7. The second kappa shape index (κ2) is 12.4. The zero-order valence-corrected chi connectivity index (χ0v) is 23.3. The maximum Gasteiger partial charge on any atom is 0.174 e. The van der Waals surface area contributed by atoms with E-state index in [1.54, 1.807) is 7.11 Å². The van der Waals surface area contributed by atoms with Crippen molar-refractivity contribution in [2.75, 3.05) is 20.2 Å². The van der Waals surface area contributed by atoms with Crippen molar-refractivity contribution in [3.8, 4) is 22.8 Å². The van der Waals surface area contributed by atoms with Crippen molar-refractivity contribution in [1.29, 1.82) is 0 Å². The molecule has 0 N–H and O–H groups in total. The molecule has 0 spiro atoms. The molecule has 1 saturated heterocycles. The minimum atomic E-state index is -1.18. The summed E-state index contributed by atoms with van der Waals surface area (Å²) in [6, 6.07) is 31.6. The molecule has 2 atom stereocenters. The first kappa shape index (κ1) is 27.4. The summed E-state index contributed by atoms with van der Waals surface area (Å²) in [5, 5.41) is 17.9. The van der Waals surface area contributed by atoms with E-state index in [-0.39, 0.29) is 25.2 Å². The molecule has 1 fully saturated rings. The van der Waals surface area contributed by atoms with Crippen LogP contribution in [0.15, 0.2) is 102 Å². The molecule has 42 heavy (non-hydrogen) atoms. The Balaban J connectivity index is 1.14. The van der Waals surface area contributed by atoms with Gasteiger partial charge in [-0.15, -0.1) is 0 Å². The fourth-order valence-corrected chi connectivity index (χ4v) is 5.56. The number of ether oxygens (including phenoxy) is 3. The lowest BCUT2D eigenvalue weighted by molar-refractivity contribution is -0.268. The highest BCUT2D eigenvalue weighted by Gasteiger charge is 2.31. The number of methoxy groups -OCH3 is 1. The van der Waals surface area contributed by atoms with Gasteiger partial charge in [0.1, 0.15) is 29.9 Å². The number of fused-ring (bicyclic) bond motifs is 1. The molecule has 1 aliphatic heterocycles. The molecular formula is C34H31N2O6-. The van der Waals surface area contributed by atoms with E-state index >= 15 is 0 Å². The Labute approximate surface area is 244 Å². The van der Waals surface area contributed by atoms with Gasteiger partial charge in [-0.05, 0) is 29.5 Å². The first-order valence-corrected chi connectivity index (χ1v) is 13.9. The molecule has 8 heteroatoms. The number of carboxylic acid groups (broad SMARTS) is 1. The minimum absolute atomic E-state index is 0.00352. The SMILES string of the molecule is COc1c(COC2CN(C(=O)[O-])CCC2c2ccc(OCc3cc(-c4ccccc4)no3)cc2)ccc2ccccc12. The highest BCUT2D eigenvalue weighted by Crippen LogP contribution is 2.35. The third-order valence-corrected chi connectivity index (χ3v) is 7.75. The van der Waals surface area contributed by atoms with Gasteiger partial charge in [-0.2, -0.15) is 0 Å². The van der Waals surface area contributed by atoms with Crippen molar-refractivity contribution in [3.05, 3.63) is 114 Å². The highest BCUT2D eigenvalue weighted by molar-refractivity contribution is 5.89. The van der Waals surface area contributed by atoms with Gasteiger partial charge in [-0.1, -0.05) is 84.0 Å². The van der Waals surface area contributed by atoms with Gasteiger partial charge in [0, 0.05) is 41.6 Å². The number of carbonyl (C=O) groups excluding carboxylic acids is 1. The van der Waals surface area contributed by atoms with Crippen LogP contribution in [0, 0.1) is 0 Å². The van der Waals surface area contributed by atoms with Crippen LogP contribution in [-0.4, -0.2) is 42.5 Å². The fourth-order valence-electron chi connectivity index (χ4n) is 5.56. The number of amides is 1. The molecule has 5 aromatic rings. The number of piperidine rings is 1. The summed E-state index contributed by atoms with van der Waals surface area (Å²) < 4.78 is 23.6. The first-order chi connectivity index (χ1) is 20.6. The topological polar surface area (TPSA) is 97.1 Å². The van der Waals surface area contributed by atoms with Gasteiger partial charge < -0.3 is 33.5 Å². The number of hydrogen-bond acceptors (Lipinski definition) is 7. The predicted molar refractivity (Wildman–Crippen MR) is 156 cm³/mol. The van der Waals surface area contributed by atoms with Crippen LogP contribution in [0.3, 0.4) is 0 Å². The third-order valence-electron chi connectivity index (χ3n) is 7.75. The molecular weight excluding hydrogens is 532 g/mol. The summed E-state index contributed by atoms with van der Waals surface area (Å²) >= 11 is 0. The fraction of sp³-hybridized carbons (Fsp3) is 0.235. The molecule has 0 bridgehead atoms. The van der Waals surface area contributed by atoms with Crippen LogP contribution in [0.2, 0.25) is 0 Å². The second-order valence-corrected chi connectivity index (χ2v) is 10.3. The molecule has 2 unspecified atom stereocenters. The van der Waals surface area contributed by atoms with Crippen molar-refractivity contribution in [2.24, 2.45) is 0 Å². The molecule has 1 amide bonds. The van der Waals surface area contributed by atoms with Gasteiger partial charge in [0.15, 0.2) is 5.76 Å². The average Bonchev–Trinajstić information content (AvgIpc) is 3.52. The van der Waals surface area contributed by atoms with Crippen molar-refractivity contribution in [1.82, 2.24) is 10.1 Å². The molecule has 6 rings (SSSR count). The number of rotatable bonds is 9. The quantitative estimate of drug-likeness (QED) is 0.224. The molecule has 0 radical (unpaired) electrons. The van der Waals surface area contributed by atoms with Crippen LogP contribution in [0.25, 0.3) is 22.0 Å². The molecule has 2 heterocycles. The molecule has 214 valence electrons. The number of hydrogen-bond donors (Lipinski definition) is 0. The molecule has 4 aromatic carbocycles. The molecule has 0 aliphatic carbocycles. The van der Waals surface area contributed by atoms with Gasteiger partial charge in [-0.3, -0.25) is 0 Å². The summed E-state index contributed by atoms with van der Waals surface area (Å²) in [5.41, 5.74) is 3.71. The van der Waals surface area contributed by atoms with E-state index < -0.39 is 6.09 Å². The Hall–Kier alpha value is -4.82. The van der Waals surface area contributed by atoms with Crippen molar-refractivity contribution < 1.29 is 28.6 Å². The van der Waals surface area contributed by atoms with Crippen molar-refractivity contribution in [3.63, 3.8) is 0 Å². The van der Waals surface area contributed by atoms with E-state index in [1.165, 1.54) is 4.90 Å². The van der Waals surface area contributed by atoms with Gasteiger partial charge in [0.05, 0.1) is 19.8 Å². The van der Waals surface area contributed by atoms with Crippen LogP contribution in [0.4, 0.5) is 4.79 Å². The van der Waals surface area contributed by atoms with Gasteiger partial charge >= 0.3 is 0 Å². The average molecular weight is 564 g/mol. The number of aromatic nitrogens is 1. The number of carbonyl (C=O) groups is 1. The van der Waals surface area contributed by atoms with Crippen LogP contribution in [0.5, 0.6) is 11.5 Å². The Kier molecular flexibility index (Phi) is 8.05. The standard InChI is InChI=1S/C34H32N2O6/c1-39-33-26(12-11-23-7-5-6-10-30(23)33)21-41-32-20-36(34(37)38)18-17-29(32)24-13-15-27(16-14-24)40-22-28-19-31(35-42-28)25-8-3-2-4-9-25/h2-16,19,29,32H,17-18,20-22H2,1H3,(H,37,38)/p-1. The van der Waals surface area contributed by atoms with Crippen LogP contribution < -0.4 is 14.6 Å². The largest absolute Gasteiger partial charge is 0.530 e. The minimum Gasteiger partial charge on any atom is -0.530 e. The van der Waals surface area contributed by atoms with Crippen molar-refractivity contribution >= 4 is 16.9 Å². The lowest BCUT2D eigenvalue weighted by Gasteiger charge is -2.40. The summed E-state index contributed by atoms with van der Waals surface area (Å²) in [5.74, 6) is 2.09. The van der Waals surface area contributed by atoms with Crippen molar-refractivity contribution in [2.45, 2.75) is 31.7 Å². The van der Waals surface area contributed by atoms with E-state index in [9.17, 15) is 9.90 Å². The van der Waals surface area contributed by atoms with Gasteiger partial charge in [0.2, 0.25) is 0 Å². The molecule has 0 saturated carbocycles. The molecule has 8 nitrogen and oxygen atoms in total. The summed E-state index contributed by atoms with van der Waals surface area (Å²) in [6.45, 7) is 1.16. The predicted octanol–water partition coefficient (Wildman–Crippen LogP) is 5.80. The molecule has 1 aliphatic rings. The first-order valence-electron chi connectivity index (χ1n) is 13.9. The normalized spacial score (nSPS) is 16.8. The Morgan fingerprint density at radius 2 is 1.76 bits per heavy atom. The Bertz CT molecular complexity index is 1650. The summed E-state index contributed by atoms with van der Waals surface area (Å²) in [6.07, 6.45) is -0.921. The lowest BCUT2D eigenvalue weighted by Crippen LogP contribution is -2.51. The van der Waals surface area contributed by atoms with Crippen LogP contribution >= 0.6 is 0 Å². The number of nitrogens with zero attached hydrogens (tertiary/aromatic N) is 2. The van der Waals surface area contributed by atoms with E-state index in [1.807, 2.05) is 97.1 Å². The second-order valence-electron chi connectivity index (χ2n) is 10.3. The smallest absolute Gasteiger partial charge is 0.174 e. The van der Waals surface area contributed by atoms with E-state index in [0.717, 1.165) is 38.9 Å². The van der Waals surface area contributed by atoms with Gasteiger partial charge in [-0.25, -0.2) is 0 Å². The number of likely N-dealkylation sites (tertiary alicyclic amines) is 1. The zero-order valence-electron chi connectivity index (χ0n) is 23.3. The summed E-state index contributed by atoms with van der Waals surface area (Å²) in [7, 11) is 1.65.